The van der Waals surface area contributed by atoms with Gasteiger partial charge in [-0.25, -0.2) is 4.79 Å². The lowest BCUT2D eigenvalue weighted by Gasteiger charge is -2.38. The van der Waals surface area contributed by atoms with E-state index in [9.17, 15) is 13.2 Å². The zero-order valence-corrected chi connectivity index (χ0v) is 18.6. The van der Waals surface area contributed by atoms with Crippen molar-refractivity contribution >= 4 is 11.8 Å². The minimum atomic E-state index is -5.08. The zero-order chi connectivity index (χ0) is 24.0. The predicted molar refractivity (Wildman–Crippen MR) is 115 cm³/mol. The van der Waals surface area contributed by atoms with Crippen LogP contribution in [0.3, 0.4) is 0 Å². The van der Waals surface area contributed by atoms with Gasteiger partial charge < -0.3 is 14.7 Å². The second kappa shape index (κ2) is 10.9. The summed E-state index contributed by atoms with van der Waals surface area (Å²) in [6, 6.07) is 10.4. The van der Waals surface area contributed by atoms with Crippen LogP contribution in [0.5, 0.6) is 0 Å². The smallest absolute Gasteiger partial charge is 0.475 e. The fourth-order valence-corrected chi connectivity index (χ4v) is 3.94. The molecular formula is C22H28F3N5O3. The normalized spacial score (nSPS) is 21.4. The summed E-state index contributed by atoms with van der Waals surface area (Å²) in [5, 5.41) is 15.7. The topological polar surface area (TPSA) is 91.7 Å². The molecule has 33 heavy (non-hydrogen) atoms. The molecule has 4 heterocycles. The number of ether oxygens (including phenoxy) is 1. The van der Waals surface area contributed by atoms with Gasteiger partial charge in [-0.15, -0.1) is 5.10 Å². The highest BCUT2D eigenvalue weighted by atomic mass is 19.4. The number of hydrogen-bond acceptors (Lipinski definition) is 7. The summed E-state index contributed by atoms with van der Waals surface area (Å²) in [7, 11) is 0. The van der Waals surface area contributed by atoms with Crippen LogP contribution in [0.4, 0.5) is 19.0 Å². The fraction of sp³-hybridized carbons (Fsp3) is 0.545. The quantitative estimate of drug-likeness (QED) is 0.737. The second-order valence-corrected chi connectivity index (χ2v) is 8.25. The van der Waals surface area contributed by atoms with Crippen LogP contribution in [0.2, 0.25) is 0 Å². The molecule has 0 amide bonds. The van der Waals surface area contributed by atoms with E-state index in [1.165, 1.54) is 0 Å². The van der Waals surface area contributed by atoms with Crippen molar-refractivity contribution in [2.75, 3.05) is 37.7 Å². The van der Waals surface area contributed by atoms with Gasteiger partial charge in [0.15, 0.2) is 5.82 Å². The number of halogens is 3. The third kappa shape index (κ3) is 7.36. The molecule has 2 saturated heterocycles. The first-order valence-electron chi connectivity index (χ1n) is 10.7. The van der Waals surface area contributed by atoms with Gasteiger partial charge in [0.25, 0.3) is 0 Å². The molecule has 1 N–H and O–H groups in total. The Balaban J connectivity index is 0.000000383. The summed E-state index contributed by atoms with van der Waals surface area (Å²) in [4.78, 5) is 18.3. The van der Waals surface area contributed by atoms with Gasteiger partial charge in [-0.2, -0.15) is 18.3 Å². The number of likely N-dealkylation sites (tertiary alicyclic amines) is 1. The number of pyridine rings is 1. The maximum absolute atomic E-state index is 10.6. The minimum absolute atomic E-state index is 0.289. The number of nitrogens with zero attached hydrogens (tertiary/aromatic N) is 5. The van der Waals surface area contributed by atoms with Gasteiger partial charge in [-0.1, -0.05) is 6.07 Å². The van der Waals surface area contributed by atoms with Gasteiger partial charge in [0, 0.05) is 37.8 Å². The van der Waals surface area contributed by atoms with Crippen molar-refractivity contribution in [1.29, 1.82) is 0 Å². The van der Waals surface area contributed by atoms with E-state index < -0.39 is 12.1 Å². The summed E-state index contributed by atoms with van der Waals surface area (Å²) >= 11 is 0. The molecule has 2 aromatic heterocycles. The minimum Gasteiger partial charge on any atom is -0.475 e. The molecule has 4 rings (SSSR count). The molecule has 0 radical (unpaired) electrons. The number of anilines is 1. The van der Waals surface area contributed by atoms with Crippen LogP contribution in [-0.4, -0.2) is 76.2 Å². The number of alkyl halides is 3. The molecule has 2 atom stereocenters. The van der Waals surface area contributed by atoms with E-state index >= 15 is 0 Å². The van der Waals surface area contributed by atoms with Crippen LogP contribution in [0.15, 0.2) is 30.3 Å². The highest BCUT2D eigenvalue weighted by molar-refractivity contribution is 5.73. The lowest BCUT2D eigenvalue weighted by atomic mass is 9.93. The van der Waals surface area contributed by atoms with E-state index in [0.29, 0.717) is 5.92 Å². The van der Waals surface area contributed by atoms with Gasteiger partial charge in [-0.3, -0.25) is 9.88 Å². The van der Waals surface area contributed by atoms with E-state index in [-0.39, 0.29) is 6.10 Å². The highest BCUT2D eigenvalue weighted by Gasteiger charge is 2.38. The summed E-state index contributed by atoms with van der Waals surface area (Å²) in [6.45, 7) is 9.61. The number of fused-ring (bicyclic) bond motifs is 1. The summed E-state index contributed by atoms with van der Waals surface area (Å²) in [5.41, 5.74) is 3.18. The second-order valence-electron chi connectivity index (χ2n) is 8.25. The predicted octanol–water partition coefficient (Wildman–Crippen LogP) is 2.85. The SMILES string of the molecule is Cc1ccc(N2CCO[C@@H]3CN(Cc4cccc(C)n4)CC[C@@H]3C2)nn1.O=C(O)C(F)(F)F. The Hall–Kier alpha value is -2.79. The average molecular weight is 467 g/mol. The van der Waals surface area contributed by atoms with Crippen molar-refractivity contribution < 1.29 is 27.8 Å². The van der Waals surface area contributed by atoms with Gasteiger partial charge >= 0.3 is 12.1 Å². The Bertz CT molecular complexity index is 926. The highest BCUT2D eigenvalue weighted by Crippen LogP contribution is 2.26. The first-order valence-corrected chi connectivity index (χ1v) is 10.7. The van der Waals surface area contributed by atoms with Crippen LogP contribution in [0, 0.1) is 19.8 Å². The van der Waals surface area contributed by atoms with Gasteiger partial charge in [0.1, 0.15) is 0 Å². The van der Waals surface area contributed by atoms with Crippen molar-refractivity contribution in [2.45, 2.75) is 39.1 Å². The van der Waals surface area contributed by atoms with Crippen LogP contribution < -0.4 is 4.90 Å². The van der Waals surface area contributed by atoms with Gasteiger partial charge in [0.05, 0.1) is 24.1 Å². The van der Waals surface area contributed by atoms with E-state index in [0.717, 1.165) is 68.7 Å². The Morgan fingerprint density at radius 3 is 2.52 bits per heavy atom. The Kier molecular flexibility index (Phi) is 8.20. The van der Waals surface area contributed by atoms with Crippen molar-refractivity contribution in [3.63, 3.8) is 0 Å². The molecule has 0 bridgehead atoms. The number of carboxylic acid groups (broad SMARTS) is 1. The third-order valence-corrected chi connectivity index (χ3v) is 5.61. The average Bonchev–Trinajstić information content (AvgIpc) is 2.96. The first-order chi connectivity index (χ1) is 15.6. The number of aromatic nitrogens is 3. The monoisotopic (exact) mass is 467 g/mol. The van der Waals surface area contributed by atoms with Crippen molar-refractivity contribution in [3.05, 3.63) is 47.4 Å². The van der Waals surface area contributed by atoms with Crippen LogP contribution >= 0.6 is 0 Å². The number of aliphatic carboxylic acids is 1. The van der Waals surface area contributed by atoms with E-state index in [2.05, 4.69) is 43.2 Å². The van der Waals surface area contributed by atoms with E-state index in [4.69, 9.17) is 14.6 Å². The van der Waals surface area contributed by atoms with Crippen LogP contribution in [0.1, 0.15) is 23.5 Å². The molecule has 0 spiro atoms. The molecule has 2 aliphatic rings. The summed E-state index contributed by atoms with van der Waals surface area (Å²) in [5.74, 6) is -1.25. The molecule has 0 saturated carbocycles. The van der Waals surface area contributed by atoms with Gasteiger partial charge in [-0.05, 0) is 51.1 Å². The summed E-state index contributed by atoms with van der Waals surface area (Å²) < 4.78 is 38.0. The van der Waals surface area contributed by atoms with Crippen molar-refractivity contribution in [3.8, 4) is 0 Å². The molecule has 2 aromatic rings. The molecule has 0 aromatic carbocycles. The number of carboxylic acids is 1. The lowest BCUT2D eigenvalue weighted by Crippen LogP contribution is -2.46. The Morgan fingerprint density at radius 1 is 1.12 bits per heavy atom. The molecule has 0 unspecified atom stereocenters. The molecule has 8 nitrogen and oxygen atoms in total. The maximum Gasteiger partial charge on any atom is 0.490 e. The third-order valence-electron chi connectivity index (χ3n) is 5.61. The van der Waals surface area contributed by atoms with Crippen LogP contribution in [0.25, 0.3) is 0 Å². The van der Waals surface area contributed by atoms with Crippen molar-refractivity contribution in [1.82, 2.24) is 20.1 Å². The number of hydrogen-bond donors (Lipinski definition) is 1. The number of aryl methyl sites for hydroxylation is 2. The number of rotatable bonds is 3. The largest absolute Gasteiger partial charge is 0.490 e. The summed E-state index contributed by atoms with van der Waals surface area (Å²) in [6.07, 6.45) is -3.65. The van der Waals surface area contributed by atoms with Crippen LogP contribution in [-0.2, 0) is 16.1 Å². The standard InChI is InChI=1S/C20H27N5O.C2HF3O2/c1-15-4-3-5-18(21-15)13-24-9-8-17-12-25(10-11-26-19(17)14-24)20-7-6-16(2)22-23-20;3-2(4,5)1(6)7/h3-7,17,19H,8-14H2,1-2H3;(H,6,7)/t17-,19-;/m1./s1. The Morgan fingerprint density at radius 2 is 1.88 bits per heavy atom. The molecule has 11 heteroatoms. The molecule has 2 aliphatic heterocycles. The van der Waals surface area contributed by atoms with Crippen molar-refractivity contribution in [2.24, 2.45) is 5.92 Å². The van der Waals surface area contributed by atoms with Gasteiger partial charge in [0.2, 0.25) is 0 Å². The first kappa shape index (κ1) is 24.8. The maximum atomic E-state index is 10.6. The van der Waals surface area contributed by atoms with E-state index in [1.807, 2.05) is 26.0 Å². The zero-order valence-electron chi connectivity index (χ0n) is 18.6. The number of carbonyl (C=O) groups is 1. The molecule has 180 valence electrons. The lowest BCUT2D eigenvalue weighted by molar-refractivity contribution is -0.192. The molecule has 2 fully saturated rings. The van der Waals surface area contributed by atoms with E-state index in [1.54, 1.807) is 0 Å². The fourth-order valence-electron chi connectivity index (χ4n) is 3.94. The number of piperidine rings is 1. The molecular weight excluding hydrogens is 439 g/mol. The Labute approximate surface area is 190 Å². The molecule has 0 aliphatic carbocycles.